The average Bonchev–Trinajstić information content (AvgIpc) is 2.93. The van der Waals surface area contributed by atoms with Gasteiger partial charge in [0.15, 0.2) is 16.7 Å². The third-order valence-corrected chi connectivity index (χ3v) is 3.25. The van der Waals surface area contributed by atoms with E-state index in [2.05, 4.69) is 4.98 Å². The molecule has 1 aromatic heterocycles. The summed E-state index contributed by atoms with van der Waals surface area (Å²) in [5.74, 6) is 2.10. The molecule has 0 saturated carbocycles. The summed E-state index contributed by atoms with van der Waals surface area (Å²) in [5.41, 5.74) is 1.45. The van der Waals surface area contributed by atoms with Crippen molar-refractivity contribution in [3.8, 4) is 22.9 Å². The van der Waals surface area contributed by atoms with Gasteiger partial charge >= 0.3 is 0 Å². The molecular weight excluding hydrogens is 256 g/mol. The van der Waals surface area contributed by atoms with Crippen LogP contribution in [0.15, 0.2) is 18.2 Å². The summed E-state index contributed by atoms with van der Waals surface area (Å²) in [4.78, 5) is 4.25. The molecule has 0 aliphatic carbocycles. The normalized spacial score (nSPS) is 13.1. The van der Waals surface area contributed by atoms with E-state index in [0.717, 1.165) is 11.3 Å². The van der Waals surface area contributed by atoms with Crippen LogP contribution in [0.4, 0.5) is 0 Å². The van der Waals surface area contributed by atoms with Gasteiger partial charge in [-0.15, -0.1) is 0 Å². The lowest BCUT2D eigenvalue weighted by molar-refractivity contribution is 0.174. The van der Waals surface area contributed by atoms with Crippen molar-refractivity contribution in [1.82, 2.24) is 9.55 Å². The van der Waals surface area contributed by atoms with E-state index >= 15 is 0 Å². The van der Waals surface area contributed by atoms with E-state index in [4.69, 9.17) is 21.1 Å². The highest BCUT2D eigenvalue weighted by Crippen LogP contribution is 2.36. The topological polar surface area (TPSA) is 56.5 Å². The molecule has 1 N–H and O–H groups in total. The predicted molar refractivity (Wildman–Crippen MR) is 65.7 cm³/mol. The van der Waals surface area contributed by atoms with Crippen molar-refractivity contribution in [3.05, 3.63) is 29.0 Å². The molecule has 94 valence electrons. The molecule has 1 aromatic carbocycles. The van der Waals surface area contributed by atoms with Crippen LogP contribution in [0.2, 0.25) is 5.15 Å². The lowest BCUT2D eigenvalue weighted by Gasteiger charge is -2.05. The van der Waals surface area contributed by atoms with Gasteiger partial charge < -0.3 is 19.1 Å². The zero-order valence-corrected chi connectivity index (χ0v) is 10.4. The second-order valence-corrected chi connectivity index (χ2v) is 4.32. The number of ether oxygens (including phenoxy) is 2. The van der Waals surface area contributed by atoms with Gasteiger partial charge in [0.2, 0.25) is 6.79 Å². The van der Waals surface area contributed by atoms with Crippen LogP contribution in [0.25, 0.3) is 11.4 Å². The Morgan fingerprint density at radius 1 is 1.39 bits per heavy atom. The highest BCUT2D eigenvalue weighted by Gasteiger charge is 2.18. The summed E-state index contributed by atoms with van der Waals surface area (Å²) in [6.45, 7) is 0.0921. The Balaban J connectivity index is 2.10. The second-order valence-electron chi connectivity index (χ2n) is 3.96. The van der Waals surface area contributed by atoms with E-state index in [9.17, 15) is 5.11 Å². The number of hydrogen-bond acceptors (Lipinski definition) is 4. The monoisotopic (exact) mass is 266 g/mol. The minimum atomic E-state index is -0.146. The van der Waals surface area contributed by atoms with Crippen molar-refractivity contribution in [2.24, 2.45) is 7.05 Å². The highest BCUT2D eigenvalue weighted by molar-refractivity contribution is 6.30. The predicted octanol–water partition coefficient (Wildman–Crippen LogP) is 1.96. The van der Waals surface area contributed by atoms with Gasteiger partial charge in [-0.2, -0.15) is 0 Å². The van der Waals surface area contributed by atoms with Crippen molar-refractivity contribution in [2.75, 3.05) is 6.79 Å². The van der Waals surface area contributed by atoms with E-state index in [1.165, 1.54) is 0 Å². The largest absolute Gasteiger partial charge is 0.454 e. The second kappa shape index (κ2) is 4.19. The molecule has 0 unspecified atom stereocenters. The first-order valence-corrected chi connectivity index (χ1v) is 5.80. The van der Waals surface area contributed by atoms with Crippen LogP contribution in [-0.4, -0.2) is 21.5 Å². The van der Waals surface area contributed by atoms with Gasteiger partial charge in [0.25, 0.3) is 0 Å². The fourth-order valence-corrected chi connectivity index (χ4v) is 2.23. The molecule has 1 aliphatic rings. The average molecular weight is 267 g/mol. The van der Waals surface area contributed by atoms with Crippen molar-refractivity contribution in [1.29, 1.82) is 0 Å². The van der Waals surface area contributed by atoms with Crippen LogP contribution in [0, 0.1) is 0 Å². The van der Waals surface area contributed by atoms with E-state index in [-0.39, 0.29) is 13.4 Å². The van der Waals surface area contributed by atoms with Gasteiger partial charge in [-0.25, -0.2) is 4.98 Å². The minimum absolute atomic E-state index is 0.146. The maximum Gasteiger partial charge on any atom is 0.231 e. The molecule has 5 nitrogen and oxygen atoms in total. The molecule has 0 saturated heterocycles. The van der Waals surface area contributed by atoms with E-state index in [1.54, 1.807) is 4.57 Å². The third-order valence-electron chi connectivity index (χ3n) is 2.95. The number of imidazole rings is 1. The minimum Gasteiger partial charge on any atom is -0.454 e. The van der Waals surface area contributed by atoms with Crippen LogP contribution < -0.4 is 9.47 Å². The smallest absolute Gasteiger partial charge is 0.231 e. The fourth-order valence-electron chi connectivity index (χ4n) is 1.96. The van der Waals surface area contributed by atoms with Gasteiger partial charge in [-0.05, 0) is 18.2 Å². The maximum atomic E-state index is 9.22. The summed E-state index contributed by atoms with van der Waals surface area (Å²) in [6.07, 6.45) is 0. The Labute approximate surface area is 109 Å². The SMILES string of the molecule is Cn1c(-c2ccc3c(c2)OCO3)nc(Cl)c1CO. The first-order chi connectivity index (χ1) is 8.70. The molecule has 2 aromatic rings. The zero-order chi connectivity index (χ0) is 12.7. The molecule has 1 aliphatic heterocycles. The van der Waals surface area contributed by atoms with Crippen LogP contribution in [-0.2, 0) is 13.7 Å². The third kappa shape index (κ3) is 1.63. The van der Waals surface area contributed by atoms with Gasteiger partial charge in [0.05, 0.1) is 12.3 Å². The van der Waals surface area contributed by atoms with Gasteiger partial charge in [0.1, 0.15) is 5.82 Å². The Kier molecular flexibility index (Phi) is 2.65. The first kappa shape index (κ1) is 11.4. The van der Waals surface area contributed by atoms with Gasteiger partial charge in [-0.3, -0.25) is 0 Å². The number of halogens is 1. The van der Waals surface area contributed by atoms with Crippen LogP contribution in [0.5, 0.6) is 11.5 Å². The molecule has 0 atom stereocenters. The maximum absolute atomic E-state index is 9.22. The van der Waals surface area contributed by atoms with E-state index in [1.807, 2.05) is 25.2 Å². The number of aliphatic hydroxyl groups is 1. The van der Waals surface area contributed by atoms with Crippen molar-refractivity contribution < 1.29 is 14.6 Å². The Morgan fingerprint density at radius 3 is 2.89 bits per heavy atom. The molecule has 2 heterocycles. The summed E-state index contributed by atoms with van der Waals surface area (Å²) in [5, 5.41) is 9.54. The standard InChI is InChI=1S/C12H11ClN2O3/c1-15-8(5-16)11(13)14-12(15)7-2-3-9-10(4-7)18-6-17-9/h2-4,16H,5-6H2,1H3. The van der Waals surface area contributed by atoms with Crippen molar-refractivity contribution in [3.63, 3.8) is 0 Å². The molecule has 6 heteroatoms. The lowest BCUT2D eigenvalue weighted by atomic mass is 10.2. The first-order valence-electron chi connectivity index (χ1n) is 5.42. The van der Waals surface area contributed by atoms with Crippen LogP contribution in [0.3, 0.4) is 0 Å². The Morgan fingerprint density at radius 2 is 2.17 bits per heavy atom. The highest BCUT2D eigenvalue weighted by atomic mass is 35.5. The number of aliphatic hydroxyl groups excluding tert-OH is 1. The molecule has 3 rings (SSSR count). The quantitative estimate of drug-likeness (QED) is 0.903. The van der Waals surface area contributed by atoms with Crippen molar-refractivity contribution in [2.45, 2.75) is 6.61 Å². The van der Waals surface area contributed by atoms with Crippen LogP contribution >= 0.6 is 11.6 Å². The van der Waals surface area contributed by atoms with Crippen molar-refractivity contribution >= 4 is 11.6 Å². The molecule has 0 fully saturated rings. The van der Waals surface area contributed by atoms with Gasteiger partial charge in [0, 0.05) is 12.6 Å². The summed E-state index contributed by atoms with van der Waals surface area (Å²) < 4.78 is 12.3. The Bertz CT molecular complexity index is 610. The number of benzene rings is 1. The van der Waals surface area contributed by atoms with E-state index < -0.39 is 0 Å². The molecule has 0 bridgehead atoms. The lowest BCUT2D eigenvalue weighted by Crippen LogP contribution is -1.98. The van der Waals surface area contributed by atoms with Crippen LogP contribution in [0.1, 0.15) is 5.69 Å². The zero-order valence-electron chi connectivity index (χ0n) is 9.68. The summed E-state index contributed by atoms with van der Waals surface area (Å²) >= 11 is 5.97. The number of fused-ring (bicyclic) bond motifs is 1. The van der Waals surface area contributed by atoms with E-state index in [0.29, 0.717) is 22.4 Å². The number of aromatic nitrogens is 2. The summed E-state index contributed by atoms with van der Waals surface area (Å²) in [6, 6.07) is 5.56. The number of nitrogens with zero attached hydrogens (tertiary/aromatic N) is 2. The molecular formula is C12H11ClN2O3. The summed E-state index contributed by atoms with van der Waals surface area (Å²) in [7, 11) is 1.81. The van der Waals surface area contributed by atoms with Gasteiger partial charge in [-0.1, -0.05) is 11.6 Å². The Hall–Kier alpha value is -1.72. The molecule has 18 heavy (non-hydrogen) atoms. The molecule has 0 radical (unpaired) electrons. The molecule has 0 spiro atoms. The fraction of sp³-hybridized carbons (Fsp3) is 0.250. The number of rotatable bonds is 2. The molecule has 0 amide bonds. The number of hydrogen-bond donors (Lipinski definition) is 1.